The molecule has 0 aromatic heterocycles. The van der Waals surface area contributed by atoms with E-state index >= 15 is 0 Å². The van der Waals surface area contributed by atoms with Crippen molar-refractivity contribution in [1.82, 2.24) is 0 Å². The van der Waals surface area contributed by atoms with Gasteiger partial charge in [-0.05, 0) is 13.8 Å². The molecule has 2 unspecified atom stereocenters. The second-order valence-electron chi connectivity index (χ2n) is 1.63. The first-order valence-corrected chi connectivity index (χ1v) is 3.79. The number of aliphatic hydroxyl groups excluding tert-OH is 2. The van der Waals surface area contributed by atoms with E-state index in [2.05, 4.69) is 9.05 Å². The van der Waals surface area contributed by atoms with Gasteiger partial charge in [-0.1, -0.05) is 9.05 Å². The first-order chi connectivity index (χ1) is 4.52. The minimum absolute atomic E-state index is 1.15. The topological polar surface area (TPSA) is 76.0 Å². The number of hydrogen-bond donors (Lipinski definition) is 2. The minimum Gasteiger partial charge on any atom is -0.364 e. The molecule has 0 saturated carbocycles. The largest absolute Gasteiger partial charge is 0.702 e. The molecular formula is C4H10O5P+. The highest BCUT2D eigenvalue weighted by molar-refractivity contribution is 7.33. The van der Waals surface area contributed by atoms with E-state index in [0.717, 1.165) is 0 Å². The summed E-state index contributed by atoms with van der Waals surface area (Å²) >= 11 is 0. The highest BCUT2D eigenvalue weighted by Gasteiger charge is 2.25. The Kier molecular flexibility index (Phi) is 4.68. The van der Waals surface area contributed by atoms with Gasteiger partial charge in [0, 0.05) is 4.57 Å². The summed E-state index contributed by atoms with van der Waals surface area (Å²) in [6.45, 7) is 2.58. The van der Waals surface area contributed by atoms with Crippen LogP contribution in [0.5, 0.6) is 0 Å². The summed E-state index contributed by atoms with van der Waals surface area (Å²) in [5.74, 6) is 0. The van der Waals surface area contributed by atoms with E-state index in [-0.39, 0.29) is 0 Å². The molecule has 0 bridgehead atoms. The van der Waals surface area contributed by atoms with E-state index in [9.17, 15) is 4.57 Å². The molecular weight excluding hydrogens is 159 g/mol. The molecule has 0 radical (unpaired) electrons. The van der Waals surface area contributed by atoms with Gasteiger partial charge in [-0.3, -0.25) is 0 Å². The molecule has 2 N–H and O–H groups in total. The highest BCUT2D eigenvalue weighted by Crippen LogP contribution is 2.26. The van der Waals surface area contributed by atoms with E-state index in [4.69, 9.17) is 10.2 Å². The van der Waals surface area contributed by atoms with E-state index in [1.807, 2.05) is 0 Å². The van der Waals surface area contributed by atoms with Crippen molar-refractivity contribution in [1.29, 1.82) is 0 Å². The maximum absolute atomic E-state index is 10.4. The van der Waals surface area contributed by atoms with Crippen molar-refractivity contribution < 1.29 is 23.8 Å². The lowest BCUT2D eigenvalue weighted by Crippen LogP contribution is -2.05. The summed E-state index contributed by atoms with van der Waals surface area (Å²) in [6, 6.07) is 0. The Labute approximate surface area is 59.5 Å². The standard InChI is InChI=1S/C4H10O5P/c1-3(5)8-10(7)9-4(2)6/h3-6H,1-2H3/q+1. The van der Waals surface area contributed by atoms with Crippen molar-refractivity contribution in [2.24, 2.45) is 0 Å². The molecule has 2 atom stereocenters. The van der Waals surface area contributed by atoms with Crippen LogP contribution in [0, 0.1) is 0 Å². The van der Waals surface area contributed by atoms with Crippen LogP contribution >= 0.6 is 8.25 Å². The maximum atomic E-state index is 10.4. The molecule has 0 aliphatic heterocycles. The quantitative estimate of drug-likeness (QED) is 0.469. The minimum atomic E-state index is -2.41. The molecule has 10 heavy (non-hydrogen) atoms. The van der Waals surface area contributed by atoms with Crippen molar-refractivity contribution >= 4 is 8.25 Å². The van der Waals surface area contributed by atoms with Crippen LogP contribution in [-0.2, 0) is 13.6 Å². The van der Waals surface area contributed by atoms with Crippen molar-refractivity contribution in [3.8, 4) is 0 Å². The second kappa shape index (κ2) is 4.71. The fraction of sp³-hybridized carbons (Fsp3) is 1.00. The number of aliphatic hydroxyl groups is 2. The van der Waals surface area contributed by atoms with Gasteiger partial charge in [0.2, 0.25) is 12.6 Å². The third-order valence-electron chi connectivity index (χ3n) is 0.477. The lowest BCUT2D eigenvalue weighted by molar-refractivity contribution is -0.0428. The fourth-order valence-electron chi connectivity index (χ4n) is 0.274. The van der Waals surface area contributed by atoms with Crippen LogP contribution in [0.25, 0.3) is 0 Å². The van der Waals surface area contributed by atoms with Gasteiger partial charge < -0.3 is 10.2 Å². The van der Waals surface area contributed by atoms with Crippen LogP contribution in [0.4, 0.5) is 0 Å². The molecule has 0 aromatic rings. The highest BCUT2D eigenvalue weighted by atomic mass is 31.1. The average molecular weight is 169 g/mol. The predicted octanol–water partition coefficient (Wildman–Crippen LogP) is 0.354. The summed E-state index contributed by atoms with van der Waals surface area (Å²) < 4.78 is 18.9. The smallest absolute Gasteiger partial charge is 0.364 e. The first kappa shape index (κ1) is 9.94. The molecule has 0 aliphatic carbocycles. The summed E-state index contributed by atoms with van der Waals surface area (Å²) in [5.41, 5.74) is 0. The van der Waals surface area contributed by atoms with Gasteiger partial charge in [-0.15, -0.1) is 0 Å². The molecule has 0 rings (SSSR count). The zero-order valence-electron chi connectivity index (χ0n) is 5.72. The van der Waals surface area contributed by atoms with Crippen molar-refractivity contribution in [2.75, 3.05) is 0 Å². The van der Waals surface area contributed by atoms with E-state index < -0.39 is 20.8 Å². The summed E-state index contributed by atoms with van der Waals surface area (Å²) in [7, 11) is -2.41. The van der Waals surface area contributed by atoms with Gasteiger partial charge >= 0.3 is 8.25 Å². The molecule has 0 aromatic carbocycles. The summed E-state index contributed by atoms with van der Waals surface area (Å²) in [5, 5.41) is 16.9. The first-order valence-electron chi connectivity index (χ1n) is 2.69. The van der Waals surface area contributed by atoms with Gasteiger partial charge in [0.25, 0.3) is 0 Å². The van der Waals surface area contributed by atoms with Crippen LogP contribution in [0.1, 0.15) is 13.8 Å². The van der Waals surface area contributed by atoms with Gasteiger partial charge in [-0.25, -0.2) is 0 Å². The third-order valence-corrected chi connectivity index (χ3v) is 1.43. The normalized spacial score (nSPS) is 18.2. The fourth-order valence-corrected chi connectivity index (χ4v) is 0.822. The van der Waals surface area contributed by atoms with Gasteiger partial charge in [0.15, 0.2) is 0 Å². The molecule has 0 fully saturated rings. The lowest BCUT2D eigenvalue weighted by atomic mass is 10.8. The Hall–Kier alpha value is -0.0600. The predicted molar refractivity (Wildman–Crippen MR) is 33.1 cm³/mol. The van der Waals surface area contributed by atoms with Crippen LogP contribution in [0.3, 0.4) is 0 Å². The Bertz CT molecular complexity index is 100. The molecule has 0 amide bonds. The Morgan fingerprint density at radius 1 is 1.20 bits per heavy atom. The molecule has 0 saturated heterocycles. The van der Waals surface area contributed by atoms with E-state index in [1.165, 1.54) is 13.8 Å². The zero-order chi connectivity index (χ0) is 8.15. The molecule has 5 nitrogen and oxygen atoms in total. The average Bonchev–Trinajstić information content (AvgIpc) is 1.58. The Balaban J connectivity index is 3.44. The van der Waals surface area contributed by atoms with E-state index in [0.29, 0.717) is 0 Å². The summed E-state index contributed by atoms with van der Waals surface area (Å²) in [6.07, 6.45) is -2.30. The third kappa shape index (κ3) is 6.07. The van der Waals surface area contributed by atoms with Crippen molar-refractivity contribution in [3.05, 3.63) is 0 Å². The molecule has 60 valence electrons. The molecule has 6 heteroatoms. The summed E-state index contributed by atoms with van der Waals surface area (Å²) in [4.78, 5) is 0. The van der Waals surface area contributed by atoms with Gasteiger partial charge in [0.1, 0.15) is 0 Å². The van der Waals surface area contributed by atoms with E-state index in [1.54, 1.807) is 0 Å². The van der Waals surface area contributed by atoms with Gasteiger partial charge in [0.05, 0.1) is 0 Å². The van der Waals surface area contributed by atoms with Crippen molar-refractivity contribution in [2.45, 2.75) is 26.4 Å². The van der Waals surface area contributed by atoms with Crippen LogP contribution < -0.4 is 0 Å². The Morgan fingerprint density at radius 2 is 1.50 bits per heavy atom. The Morgan fingerprint density at radius 3 is 1.70 bits per heavy atom. The lowest BCUT2D eigenvalue weighted by Gasteiger charge is -1.93. The van der Waals surface area contributed by atoms with Crippen molar-refractivity contribution in [3.63, 3.8) is 0 Å². The van der Waals surface area contributed by atoms with Crippen LogP contribution in [0.2, 0.25) is 0 Å². The molecule has 0 spiro atoms. The number of rotatable bonds is 4. The van der Waals surface area contributed by atoms with Crippen LogP contribution in [-0.4, -0.2) is 22.8 Å². The molecule has 0 heterocycles. The number of hydrogen-bond acceptors (Lipinski definition) is 5. The second-order valence-corrected chi connectivity index (χ2v) is 2.50. The maximum Gasteiger partial charge on any atom is 0.702 e. The van der Waals surface area contributed by atoms with Gasteiger partial charge in [-0.2, -0.15) is 0 Å². The SMILES string of the molecule is CC(O)O[P+](=O)OC(C)O. The van der Waals surface area contributed by atoms with Crippen LogP contribution in [0.15, 0.2) is 0 Å². The zero-order valence-corrected chi connectivity index (χ0v) is 6.62. The molecule has 0 aliphatic rings. The monoisotopic (exact) mass is 169 g/mol.